The van der Waals surface area contributed by atoms with E-state index in [4.69, 9.17) is 9.97 Å². The van der Waals surface area contributed by atoms with Crippen LogP contribution in [-0.4, -0.2) is 42.1 Å². The Morgan fingerprint density at radius 3 is 2.24 bits per heavy atom. The molecule has 2 aliphatic rings. The predicted molar refractivity (Wildman–Crippen MR) is 134 cm³/mol. The Morgan fingerprint density at radius 2 is 1.55 bits per heavy atom. The maximum absolute atomic E-state index is 12.7. The molecular formula is C27H33N5O. The molecule has 0 spiro atoms. The number of amides is 1. The van der Waals surface area contributed by atoms with E-state index in [1.54, 1.807) is 0 Å². The average Bonchev–Trinajstić information content (AvgIpc) is 3.22. The molecule has 3 aromatic rings. The van der Waals surface area contributed by atoms with Crippen LogP contribution in [-0.2, 0) is 17.6 Å². The lowest BCUT2D eigenvalue weighted by molar-refractivity contribution is -0.122. The lowest BCUT2D eigenvalue weighted by Gasteiger charge is -2.30. The highest BCUT2D eigenvalue weighted by Gasteiger charge is 2.26. The molecule has 1 amide bonds. The molecule has 1 saturated carbocycles. The van der Waals surface area contributed by atoms with Gasteiger partial charge in [0.25, 0.3) is 0 Å². The highest BCUT2D eigenvalue weighted by molar-refractivity contribution is 5.90. The zero-order valence-corrected chi connectivity index (χ0v) is 19.6. The highest BCUT2D eigenvalue weighted by Crippen LogP contribution is 2.29. The third-order valence-corrected chi connectivity index (χ3v) is 7.04. The highest BCUT2D eigenvalue weighted by atomic mass is 16.1. The summed E-state index contributed by atoms with van der Waals surface area (Å²) >= 11 is 0. The fourth-order valence-corrected chi connectivity index (χ4v) is 5.37. The van der Waals surface area contributed by atoms with Gasteiger partial charge in [0.15, 0.2) is 0 Å². The predicted octanol–water partition coefficient (Wildman–Crippen LogP) is 4.34. The molecule has 1 fully saturated rings. The SMILES string of the molecule is CN(C)c1nc(N[C@H]2CC[C@@H](NC(=O)CC3Cc4ccccc4C3)CC2)nc2ccccc12. The monoisotopic (exact) mass is 443 g/mol. The van der Waals surface area contributed by atoms with E-state index >= 15 is 0 Å². The van der Waals surface area contributed by atoms with Gasteiger partial charge in [-0.2, -0.15) is 4.98 Å². The van der Waals surface area contributed by atoms with Crippen LogP contribution >= 0.6 is 0 Å². The number of carbonyl (C=O) groups excluding carboxylic acids is 1. The van der Waals surface area contributed by atoms with Crippen molar-refractivity contribution in [3.63, 3.8) is 0 Å². The molecule has 0 unspecified atom stereocenters. The Balaban J connectivity index is 1.12. The number of para-hydroxylation sites is 1. The number of nitrogens with one attached hydrogen (secondary N) is 2. The second kappa shape index (κ2) is 9.38. The van der Waals surface area contributed by atoms with E-state index in [9.17, 15) is 4.79 Å². The van der Waals surface area contributed by atoms with Gasteiger partial charge in [-0.1, -0.05) is 36.4 Å². The van der Waals surface area contributed by atoms with E-state index in [-0.39, 0.29) is 11.9 Å². The Hall–Kier alpha value is -3.15. The van der Waals surface area contributed by atoms with Gasteiger partial charge in [-0.3, -0.25) is 4.79 Å². The van der Waals surface area contributed by atoms with Crippen LogP contribution in [0, 0.1) is 5.92 Å². The van der Waals surface area contributed by atoms with Crippen molar-refractivity contribution in [3.05, 3.63) is 59.7 Å². The van der Waals surface area contributed by atoms with Crippen LogP contribution in [0.25, 0.3) is 10.9 Å². The zero-order chi connectivity index (χ0) is 22.8. The van der Waals surface area contributed by atoms with Crippen molar-refractivity contribution in [2.24, 2.45) is 5.92 Å². The Kier molecular flexibility index (Phi) is 6.16. The summed E-state index contributed by atoms with van der Waals surface area (Å²) in [5.74, 6) is 2.26. The summed E-state index contributed by atoms with van der Waals surface area (Å²) in [6.07, 6.45) is 6.68. The van der Waals surface area contributed by atoms with Gasteiger partial charge in [-0.15, -0.1) is 0 Å². The number of carbonyl (C=O) groups is 1. The maximum atomic E-state index is 12.7. The van der Waals surface area contributed by atoms with Gasteiger partial charge in [-0.05, 0) is 67.7 Å². The fourth-order valence-electron chi connectivity index (χ4n) is 5.37. The number of hydrogen-bond acceptors (Lipinski definition) is 5. The molecule has 0 bridgehead atoms. The fraction of sp³-hybridized carbons (Fsp3) is 0.444. The Bertz CT molecular complexity index is 1110. The van der Waals surface area contributed by atoms with Crippen molar-refractivity contribution in [2.45, 2.75) is 57.0 Å². The van der Waals surface area contributed by atoms with E-state index in [0.29, 0.717) is 24.3 Å². The number of rotatable bonds is 6. The van der Waals surface area contributed by atoms with Crippen LogP contribution in [0.4, 0.5) is 11.8 Å². The third kappa shape index (κ3) is 4.95. The minimum atomic E-state index is 0.206. The molecule has 6 nitrogen and oxygen atoms in total. The second-order valence-electron chi connectivity index (χ2n) is 9.79. The van der Waals surface area contributed by atoms with Crippen LogP contribution in [0.1, 0.15) is 43.2 Å². The Morgan fingerprint density at radius 1 is 0.909 bits per heavy atom. The number of aromatic nitrogens is 2. The molecule has 1 heterocycles. The van der Waals surface area contributed by atoms with E-state index < -0.39 is 0 Å². The largest absolute Gasteiger partial charge is 0.362 e. The van der Waals surface area contributed by atoms with Crippen molar-refractivity contribution in [2.75, 3.05) is 24.3 Å². The zero-order valence-electron chi connectivity index (χ0n) is 19.6. The number of fused-ring (bicyclic) bond motifs is 2. The van der Waals surface area contributed by atoms with E-state index in [1.165, 1.54) is 11.1 Å². The van der Waals surface area contributed by atoms with Gasteiger partial charge in [-0.25, -0.2) is 4.98 Å². The van der Waals surface area contributed by atoms with Gasteiger partial charge in [0.2, 0.25) is 11.9 Å². The van der Waals surface area contributed by atoms with Crippen molar-refractivity contribution in [1.29, 1.82) is 0 Å². The molecule has 0 radical (unpaired) electrons. The standard InChI is InChI=1S/C27H33N5O/c1-32(2)26-23-9-5-6-10-24(23)30-27(31-26)29-22-13-11-21(12-14-22)28-25(33)17-18-15-19-7-3-4-8-20(19)16-18/h3-10,18,21-22H,11-17H2,1-2H3,(H,28,33)(H,29,30,31)/t21-,22+. The third-order valence-electron chi connectivity index (χ3n) is 7.04. The summed E-state index contributed by atoms with van der Waals surface area (Å²) in [6.45, 7) is 0. The molecule has 1 aromatic heterocycles. The summed E-state index contributed by atoms with van der Waals surface area (Å²) in [6, 6.07) is 17.3. The number of hydrogen-bond donors (Lipinski definition) is 2. The first-order chi connectivity index (χ1) is 16.0. The van der Waals surface area contributed by atoms with Crippen molar-refractivity contribution in [3.8, 4) is 0 Å². The van der Waals surface area contributed by atoms with Crippen LogP contribution < -0.4 is 15.5 Å². The first-order valence-electron chi connectivity index (χ1n) is 12.1. The summed E-state index contributed by atoms with van der Waals surface area (Å²) in [5, 5.41) is 7.91. The molecule has 2 aromatic carbocycles. The normalized spacial score (nSPS) is 20.4. The first kappa shape index (κ1) is 21.7. The molecule has 6 heteroatoms. The topological polar surface area (TPSA) is 70.2 Å². The molecule has 33 heavy (non-hydrogen) atoms. The first-order valence-corrected chi connectivity index (χ1v) is 12.1. The van der Waals surface area contributed by atoms with Gasteiger partial charge in [0.1, 0.15) is 5.82 Å². The smallest absolute Gasteiger partial charge is 0.225 e. The molecule has 172 valence electrons. The number of nitrogens with zero attached hydrogens (tertiary/aromatic N) is 3. The molecular weight excluding hydrogens is 410 g/mol. The number of anilines is 2. The van der Waals surface area contributed by atoms with Crippen LogP contribution in [0.2, 0.25) is 0 Å². The van der Waals surface area contributed by atoms with E-state index in [0.717, 1.165) is 55.2 Å². The minimum Gasteiger partial charge on any atom is -0.362 e. The summed E-state index contributed by atoms with van der Waals surface area (Å²) in [5.41, 5.74) is 3.78. The van der Waals surface area contributed by atoms with Crippen LogP contribution in [0.5, 0.6) is 0 Å². The summed E-state index contributed by atoms with van der Waals surface area (Å²) < 4.78 is 0. The maximum Gasteiger partial charge on any atom is 0.225 e. The van der Waals surface area contributed by atoms with Gasteiger partial charge in [0.05, 0.1) is 5.52 Å². The minimum absolute atomic E-state index is 0.206. The lowest BCUT2D eigenvalue weighted by Crippen LogP contribution is -2.40. The van der Waals surface area contributed by atoms with E-state index in [1.807, 2.05) is 37.2 Å². The lowest BCUT2D eigenvalue weighted by atomic mass is 9.91. The molecule has 2 aliphatic carbocycles. The van der Waals surface area contributed by atoms with Crippen molar-refractivity contribution in [1.82, 2.24) is 15.3 Å². The summed E-state index contributed by atoms with van der Waals surface area (Å²) in [4.78, 5) is 24.2. The molecule has 0 atom stereocenters. The summed E-state index contributed by atoms with van der Waals surface area (Å²) in [7, 11) is 4.02. The Labute approximate surface area is 195 Å². The molecule has 0 aliphatic heterocycles. The van der Waals surface area contributed by atoms with Gasteiger partial charge in [0, 0.05) is 38.0 Å². The number of benzene rings is 2. The van der Waals surface area contributed by atoms with E-state index in [2.05, 4.69) is 41.0 Å². The second-order valence-corrected chi connectivity index (χ2v) is 9.79. The quantitative estimate of drug-likeness (QED) is 0.593. The molecule has 5 rings (SSSR count). The van der Waals surface area contributed by atoms with Crippen LogP contribution in [0.15, 0.2) is 48.5 Å². The average molecular weight is 444 g/mol. The van der Waals surface area contributed by atoms with Gasteiger partial charge < -0.3 is 15.5 Å². The van der Waals surface area contributed by atoms with Crippen molar-refractivity contribution < 1.29 is 4.79 Å². The van der Waals surface area contributed by atoms with Crippen molar-refractivity contribution >= 4 is 28.6 Å². The molecule has 0 saturated heterocycles. The van der Waals surface area contributed by atoms with Crippen LogP contribution in [0.3, 0.4) is 0 Å². The van der Waals surface area contributed by atoms with Gasteiger partial charge >= 0.3 is 0 Å². The molecule has 2 N–H and O–H groups in total.